The smallest absolute Gasteiger partial charge is 0.264 e. The molecule has 1 aliphatic rings. The highest BCUT2D eigenvalue weighted by molar-refractivity contribution is 7.92. The van der Waals surface area contributed by atoms with Crippen molar-refractivity contribution in [3.05, 3.63) is 129 Å². The number of anilines is 1. The lowest BCUT2D eigenvalue weighted by molar-refractivity contribution is -0.140. The summed E-state index contributed by atoms with van der Waals surface area (Å²) in [4.78, 5) is 30.3. The fourth-order valence-electron chi connectivity index (χ4n) is 5.86. The van der Waals surface area contributed by atoms with Gasteiger partial charge in [0.2, 0.25) is 11.8 Å². The van der Waals surface area contributed by atoms with E-state index in [-0.39, 0.29) is 45.5 Å². The Bertz CT molecular complexity index is 1770. The topological polar surface area (TPSA) is 86.8 Å². The van der Waals surface area contributed by atoms with Gasteiger partial charge in [-0.1, -0.05) is 115 Å². The summed E-state index contributed by atoms with van der Waals surface area (Å²) < 4.78 is 29.3. The van der Waals surface area contributed by atoms with Crippen molar-refractivity contribution in [1.29, 1.82) is 0 Å². The lowest BCUT2D eigenvalue weighted by Crippen LogP contribution is -2.55. The zero-order chi connectivity index (χ0) is 33.4. The van der Waals surface area contributed by atoms with Crippen LogP contribution in [0.4, 0.5) is 5.69 Å². The molecule has 246 valence electrons. The monoisotopic (exact) mass is 711 g/mol. The molecule has 5 rings (SSSR count). The highest BCUT2D eigenvalue weighted by Gasteiger charge is 2.35. The third-order valence-electron chi connectivity index (χ3n) is 8.21. The normalized spacial score (nSPS) is 14.3. The number of sulfonamides is 1. The quantitative estimate of drug-likeness (QED) is 0.162. The molecule has 47 heavy (non-hydrogen) atoms. The van der Waals surface area contributed by atoms with Crippen LogP contribution in [0.2, 0.25) is 15.1 Å². The van der Waals surface area contributed by atoms with E-state index in [1.54, 1.807) is 36.4 Å². The van der Waals surface area contributed by atoms with Crippen molar-refractivity contribution in [2.45, 2.75) is 62.0 Å². The largest absolute Gasteiger partial charge is 0.352 e. The van der Waals surface area contributed by atoms with Crippen molar-refractivity contribution >= 4 is 62.3 Å². The fourth-order valence-corrected chi connectivity index (χ4v) is 8.01. The van der Waals surface area contributed by atoms with Crippen LogP contribution in [-0.4, -0.2) is 43.8 Å². The first kappa shape index (κ1) is 34.8. The Morgan fingerprint density at radius 1 is 0.745 bits per heavy atom. The van der Waals surface area contributed by atoms with Gasteiger partial charge < -0.3 is 10.2 Å². The van der Waals surface area contributed by atoms with Gasteiger partial charge in [0.05, 0.1) is 10.6 Å². The molecule has 1 aliphatic carbocycles. The van der Waals surface area contributed by atoms with Crippen molar-refractivity contribution in [2.24, 2.45) is 0 Å². The Balaban J connectivity index is 1.58. The molecule has 4 aromatic carbocycles. The molecule has 1 N–H and O–H groups in total. The van der Waals surface area contributed by atoms with E-state index in [0.29, 0.717) is 10.6 Å². The van der Waals surface area contributed by atoms with Gasteiger partial charge in [-0.05, 0) is 66.4 Å². The Kier molecular flexibility index (Phi) is 11.9. The number of carbonyl (C=O) groups is 2. The highest BCUT2D eigenvalue weighted by Crippen LogP contribution is 2.30. The van der Waals surface area contributed by atoms with Crippen LogP contribution in [0.15, 0.2) is 108 Å². The SMILES string of the molecule is O=C(NC1CCCCC1)[C@@H](Cc1ccccc1)N(Cc1cccc(Cl)c1)C(=O)CN(c1cc(Cl)cc(Cl)c1)S(=O)(=O)c1ccccc1. The van der Waals surface area contributed by atoms with Gasteiger partial charge in [0.25, 0.3) is 10.0 Å². The molecule has 11 heteroatoms. The van der Waals surface area contributed by atoms with Gasteiger partial charge in [-0.25, -0.2) is 8.42 Å². The predicted molar refractivity (Wildman–Crippen MR) is 188 cm³/mol. The zero-order valence-corrected chi connectivity index (χ0v) is 28.8. The zero-order valence-electron chi connectivity index (χ0n) is 25.7. The summed E-state index contributed by atoms with van der Waals surface area (Å²) in [6, 6.07) is 27.8. The summed E-state index contributed by atoms with van der Waals surface area (Å²) in [5.41, 5.74) is 1.67. The molecule has 0 aliphatic heterocycles. The standard InChI is InChI=1S/C36H36Cl3N3O4S/c37-28-14-10-13-27(19-28)24-41(34(20-26-11-4-1-5-12-26)36(44)40-31-15-6-2-7-16-31)35(43)25-42(32-22-29(38)21-30(39)23-32)47(45,46)33-17-8-3-9-18-33/h1,3-5,8-14,17-19,21-23,31,34H,2,6-7,15-16,20,24-25H2,(H,40,44)/t34-/m1/s1. The number of hydrogen-bond donors (Lipinski definition) is 1. The third-order valence-corrected chi connectivity index (χ3v) is 10.7. The molecule has 0 unspecified atom stereocenters. The van der Waals surface area contributed by atoms with Crippen LogP contribution in [0.3, 0.4) is 0 Å². The van der Waals surface area contributed by atoms with Crippen LogP contribution in [0, 0.1) is 0 Å². The van der Waals surface area contributed by atoms with Crippen LogP contribution in [0.1, 0.15) is 43.2 Å². The van der Waals surface area contributed by atoms with Crippen LogP contribution < -0.4 is 9.62 Å². The minimum Gasteiger partial charge on any atom is -0.352 e. The lowest BCUT2D eigenvalue weighted by Gasteiger charge is -2.35. The van der Waals surface area contributed by atoms with Gasteiger partial charge in [0, 0.05) is 34.1 Å². The molecular weight excluding hydrogens is 677 g/mol. The van der Waals surface area contributed by atoms with E-state index < -0.39 is 28.5 Å². The predicted octanol–water partition coefficient (Wildman–Crippen LogP) is 7.93. The van der Waals surface area contributed by atoms with Gasteiger partial charge in [-0.3, -0.25) is 13.9 Å². The second kappa shape index (κ2) is 16.0. The van der Waals surface area contributed by atoms with E-state index in [9.17, 15) is 18.0 Å². The van der Waals surface area contributed by atoms with Crippen molar-refractivity contribution in [3.63, 3.8) is 0 Å². The number of hydrogen-bond acceptors (Lipinski definition) is 4. The molecule has 1 atom stereocenters. The second-order valence-electron chi connectivity index (χ2n) is 11.7. The van der Waals surface area contributed by atoms with Crippen molar-refractivity contribution < 1.29 is 18.0 Å². The number of nitrogens with zero attached hydrogens (tertiary/aromatic N) is 2. The van der Waals surface area contributed by atoms with Crippen molar-refractivity contribution in [3.8, 4) is 0 Å². The minimum atomic E-state index is -4.28. The molecule has 0 aromatic heterocycles. The Labute approximate surface area is 291 Å². The number of carbonyl (C=O) groups excluding carboxylic acids is 2. The fraction of sp³-hybridized carbons (Fsp3) is 0.278. The molecule has 0 heterocycles. The summed E-state index contributed by atoms with van der Waals surface area (Å²) in [5, 5.41) is 4.09. The van der Waals surface area contributed by atoms with Crippen LogP contribution in [0.25, 0.3) is 0 Å². The molecule has 0 bridgehead atoms. The maximum absolute atomic E-state index is 14.6. The lowest BCUT2D eigenvalue weighted by atomic mass is 9.94. The van der Waals surface area contributed by atoms with E-state index in [1.165, 1.54) is 35.2 Å². The van der Waals surface area contributed by atoms with Crippen molar-refractivity contribution in [2.75, 3.05) is 10.8 Å². The van der Waals surface area contributed by atoms with Crippen LogP contribution in [0.5, 0.6) is 0 Å². The average Bonchev–Trinajstić information content (AvgIpc) is 3.06. The highest BCUT2D eigenvalue weighted by atomic mass is 35.5. The van der Waals surface area contributed by atoms with Gasteiger partial charge >= 0.3 is 0 Å². The Hall–Kier alpha value is -3.56. The molecule has 0 radical (unpaired) electrons. The van der Waals surface area contributed by atoms with E-state index in [4.69, 9.17) is 34.8 Å². The first-order chi connectivity index (χ1) is 22.6. The first-order valence-electron chi connectivity index (χ1n) is 15.5. The second-order valence-corrected chi connectivity index (χ2v) is 14.8. The summed E-state index contributed by atoms with van der Waals surface area (Å²) in [6.07, 6.45) is 5.12. The Morgan fingerprint density at radius 3 is 2.00 bits per heavy atom. The van der Waals surface area contributed by atoms with E-state index in [1.807, 2.05) is 36.4 Å². The third kappa shape index (κ3) is 9.29. The molecule has 0 spiro atoms. The van der Waals surface area contributed by atoms with Gasteiger partial charge in [0.15, 0.2) is 0 Å². The maximum atomic E-state index is 14.6. The first-order valence-corrected chi connectivity index (χ1v) is 18.1. The van der Waals surface area contributed by atoms with Gasteiger partial charge in [-0.2, -0.15) is 0 Å². The molecule has 7 nitrogen and oxygen atoms in total. The molecule has 4 aromatic rings. The summed E-state index contributed by atoms with van der Waals surface area (Å²) in [7, 11) is -4.28. The molecule has 2 amide bonds. The van der Waals surface area contributed by atoms with Gasteiger partial charge in [-0.15, -0.1) is 0 Å². The number of amides is 2. The molecule has 1 saturated carbocycles. The maximum Gasteiger partial charge on any atom is 0.264 e. The van der Waals surface area contributed by atoms with Crippen LogP contribution >= 0.6 is 34.8 Å². The summed E-state index contributed by atoms with van der Waals surface area (Å²) >= 11 is 19.0. The Morgan fingerprint density at radius 2 is 1.36 bits per heavy atom. The number of rotatable bonds is 12. The van der Waals surface area contributed by atoms with E-state index in [2.05, 4.69) is 5.32 Å². The summed E-state index contributed by atoms with van der Waals surface area (Å²) in [5.74, 6) is -0.875. The average molecular weight is 713 g/mol. The minimum absolute atomic E-state index is 0.00112. The number of nitrogens with one attached hydrogen (secondary N) is 1. The van der Waals surface area contributed by atoms with Gasteiger partial charge in [0.1, 0.15) is 12.6 Å². The van der Waals surface area contributed by atoms with E-state index >= 15 is 0 Å². The number of benzene rings is 4. The molecular formula is C36H36Cl3N3O4S. The number of halogens is 3. The molecule has 1 fully saturated rings. The van der Waals surface area contributed by atoms with Crippen LogP contribution in [-0.2, 0) is 32.6 Å². The van der Waals surface area contributed by atoms with Crippen molar-refractivity contribution in [1.82, 2.24) is 10.2 Å². The van der Waals surface area contributed by atoms with E-state index in [0.717, 1.165) is 42.0 Å². The summed E-state index contributed by atoms with van der Waals surface area (Å²) in [6.45, 7) is -0.596. The molecule has 0 saturated heterocycles.